The van der Waals surface area contributed by atoms with Gasteiger partial charge < -0.3 is 4.52 Å². The molecule has 0 amide bonds. The summed E-state index contributed by atoms with van der Waals surface area (Å²) in [6, 6.07) is 3.99. The molecule has 0 aliphatic heterocycles. The molecule has 2 aromatic rings. The molecule has 1 saturated carbocycles. The van der Waals surface area contributed by atoms with E-state index in [9.17, 15) is 0 Å². The van der Waals surface area contributed by atoms with Gasteiger partial charge in [-0.15, -0.1) is 0 Å². The van der Waals surface area contributed by atoms with Crippen molar-refractivity contribution in [1.82, 2.24) is 20.1 Å². The van der Waals surface area contributed by atoms with Gasteiger partial charge in [0, 0.05) is 12.4 Å². The number of nitrogens with zero attached hydrogens (tertiary/aromatic N) is 5. The topological polar surface area (TPSA) is 88.5 Å². The van der Waals surface area contributed by atoms with Gasteiger partial charge in [-0.3, -0.25) is 0 Å². The van der Waals surface area contributed by atoms with E-state index in [-0.39, 0.29) is 17.3 Å². The predicted molar refractivity (Wildman–Crippen MR) is 60.9 cm³/mol. The van der Waals surface area contributed by atoms with E-state index in [0.29, 0.717) is 17.5 Å². The summed E-state index contributed by atoms with van der Waals surface area (Å²) in [4.78, 5) is 12.4. The van der Waals surface area contributed by atoms with E-state index in [1.54, 1.807) is 18.5 Å². The lowest BCUT2D eigenvalue weighted by Crippen LogP contribution is -1.91. The van der Waals surface area contributed by atoms with Crippen LogP contribution in [0.5, 0.6) is 0 Å². The fourth-order valence-corrected chi connectivity index (χ4v) is 2.21. The van der Waals surface area contributed by atoms with Gasteiger partial charge in [0.05, 0.1) is 17.9 Å². The van der Waals surface area contributed by atoms with Crippen LogP contribution in [0.3, 0.4) is 0 Å². The van der Waals surface area contributed by atoms with Crippen LogP contribution in [0.1, 0.15) is 25.7 Å². The van der Waals surface area contributed by atoms with Gasteiger partial charge in [-0.2, -0.15) is 10.2 Å². The van der Waals surface area contributed by atoms with Crippen LogP contribution in [0, 0.1) is 22.7 Å². The van der Waals surface area contributed by atoms with Crippen molar-refractivity contribution in [1.29, 1.82) is 5.26 Å². The summed E-state index contributed by atoms with van der Waals surface area (Å²) >= 11 is 0. The maximum absolute atomic E-state index is 9.03. The van der Waals surface area contributed by atoms with Gasteiger partial charge in [-0.1, -0.05) is 19.0 Å². The van der Waals surface area contributed by atoms with E-state index in [0.717, 1.165) is 0 Å². The van der Waals surface area contributed by atoms with Crippen molar-refractivity contribution in [2.24, 2.45) is 11.3 Å². The van der Waals surface area contributed by atoms with Gasteiger partial charge >= 0.3 is 0 Å². The van der Waals surface area contributed by atoms with Gasteiger partial charge in [0.2, 0.25) is 17.5 Å². The third-order valence-corrected chi connectivity index (χ3v) is 3.44. The van der Waals surface area contributed by atoms with E-state index >= 15 is 0 Å². The first kappa shape index (κ1) is 10.8. The minimum Gasteiger partial charge on any atom is -0.338 e. The molecule has 0 spiro atoms. The second-order valence-corrected chi connectivity index (χ2v) is 4.93. The van der Waals surface area contributed by atoms with Crippen molar-refractivity contribution in [3.05, 3.63) is 24.4 Å². The van der Waals surface area contributed by atoms with Gasteiger partial charge in [-0.05, 0) is 11.5 Å². The van der Waals surface area contributed by atoms with Crippen LogP contribution in [-0.2, 0) is 0 Å². The van der Waals surface area contributed by atoms with Crippen LogP contribution in [0.25, 0.3) is 11.6 Å². The number of rotatable bonds is 2. The van der Waals surface area contributed by atoms with Crippen LogP contribution < -0.4 is 0 Å². The summed E-state index contributed by atoms with van der Waals surface area (Å²) < 4.78 is 5.22. The Morgan fingerprint density at radius 2 is 2.00 bits per heavy atom. The van der Waals surface area contributed by atoms with Crippen molar-refractivity contribution in [2.75, 3.05) is 0 Å². The predicted octanol–water partition coefficient (Wildman–Crippen LogP) is 1.79. The molecule has 2 aromatic heterocycles. The number of aromatic nitrogens is 4. The summed E-state index contributed by atoms with van der Waals surface area (Å²) in [6.45, 7) is 4.04. The zero-order valence-corrected chi connectivity index (χ0v) is 10.0. The molecule has 90 valence electrons. The Morgan fingerprint density at radius 1 is 1.28 bits per heavy atom. The van der Waals surface area contributed by atoms with Crippen LogP contribution >= 0.6 is 0 Å². The molecule has 1 fully saturated rings. The SMILES string of the molecule is CC1(C)C(C#N)C1c1nc(-c2ncccn2)no1. The van der Waals surface area contributed by atoms with Crippen LogP contribution in [0.15, 0.2) is 23.0 Å². The number of hydrogen-bond acceptors (Lipinski definition) is 6. The monoisotopic (exact) mass is 241 g/mol. The van der Waals surface area contributed by atoms with Crippen molar-refractivity contribution < 1.29 is 4.52 Å². The van der Waals surface area contributed by atoms with E-state index in [4.69, 9.17) is 9.78 Å². The molecule has 1 aliphatic carbocycles. The standard InChI is InChI=1S/C12H11N5O/c1-12(2)7(6-13)8(12)11-16-10(17-18-11)9-14-4-3-5-15-9/h3-5,7-8H,1-2H3. The van der Waals surface area contributed by atoms with Gasteiger partial charge in [0.15, 0.2) is 0 Å². The fourth-order valence-electron chi connectivity index (χ4n) is 2.21. The second kappa shape index (κ2) is 3.60. The molecule has 0 saturated heterocycles. The molecule has 6 nitrogen and oxygen atoms in total. The lowest BCUT2D eigenvalue weighted by Gasteiger charge is -1.95. The minimum atomic E-state index is -0.101. The Morgan fingerprint density at radius 3 is 2.61 bits per heavy atom. The summed E-state index contributed by atoms with van der Waals surface area (Å²) in [5, 5.41) is 12.9. The minimum absolute atomic E-state index is 0.00691. The van der Waals surface area contributed by atoms with Crippen LogP contribution in [-0.4, -0.2) is 20.1 Å². The maximum atomic E-state index is 9.03. The molecule has 0 N–H and O–H groups in total. The summed E-state index contributed by atoms with van der Waals surface area (Å²) in [5.41, 5.74) is -0.101. The summed E-state index contributed by atoms with van der Waals surface area (Å²) in [6.07, 6.45) is 3.25. The summed E-state index contributed by atoms with van der Waals surface area (Å²) in [7, 11) is 0. The van der Waals surface area contributed by atoms with Crippen LogP contribution in [0.4, 0.5) is 0 Å². The first-order valence-corrected chi connectivity index (χ1v) is 5.65. The lowest BCUT2D eigenvalue weighted by atomic mass is 10.1. The van der Waals surface area contributed by atoms with E-state index in [1.165, 1.54) is 0 Å². The molecule has 2 unspecified atom stereocenters. The zero-order valence-electron chi connectivity index (χ0n) is 10.0. The maximum Gasteiger partial charge on any atom is 0.240 e. The van der Waals surface area contributed by atoms with E-state index in [2.05, 4.69) is 26.2 Å². The molecule has 18 heavy (non-hydrogen) atoms. The second-order valence-electron chi connectivity index (χ2n) is 4.93. The first-order chi connectivity index (χ1) is 8.64. The Kier molecular flexibility index (Phi) is 2.17. The Bertz CT molecular complexity index is 613. The molecule has 0 aromatic carbocycles. The average molecular weight is 241 g/mol. The highest BCUT2D eigenvalue weighted by Gasteiger charge is 2.62. The Balaban J connectivity index is 1.91. The Labute approximate surface area is 104 Å². The number of nitriles is 1. The van der Waals surface area contributed by atoms with Crippen LogP contribution in [0.2, 0.25) is 0 Å². The molecule has 2 atom stereocenters. The fraction of sp³-hybridized carbons (Fsp3) is 0.417. The number of hydrogen-bond donors (Lipinski definition) is 0. The molecule has 6 heteroatoms. The molecule has 2 heterocycles. The zero-order chi connectivity index (χ0) is 12.8. The van der Waals surface area contributed by atoms with Crippen molar-refractivity contribution >= 4 is 0 Å². The lowest BCUT2D eigenvalue weighted by molar-refractivity contribution is 0.368. The van der Waals surface area contributed by atoms with Crippen molar-refractivity contribution in [3.8, 4) is 17.7 Å². The highest BCUT2D eigenvalue weighted by atomic mass is 16.5. The highest BCUT2D eigenvalue weighted by Crippen LogP contribution is 2.63. The first-order valence-electron chi connectivity index (χ1n) is 5.65. The molecular formula is C12H11N5O. The largest absolute Gasteiger partial charge is 0.338 e. The molecule has 0 bridgehead atoms. The van der Waals surface area contributed by atoms with Gasteiger partial charge in [-0.25, -0.2) is 9.97 Å². The van der Waals surface area contributed by atoms with Gasteiger partial charge in [0.1, 0.15) is 0 Å². The van der Waals surface area contributed by atoms with Crippen molar-refractivity contribution in [3.63, 3.8) is 0 Å². The van der Waals surface area contributed by atoms with E-state index < -0.39 is 0 Å². The molecule has 1 aliphatic rings. The quantitative estimate of drug-likeness (QED) is 0.796. The van der Waals surface area contributed by atoms with Crippen molar-refractivity contribution in [2.45, 2.75) is 19.8 Å². The summed E-state index contributed by atoms with van der Waals surface area (Å²) in [5.74, 6) is 1.23. The molecular weight excluding hydrogens is 230 g/mol. The third-order valence-electron chi connectivity index (χ3n) is 3.44. The smallest absolute Gasteiger partial charge is 0.240 e. The molecule has 3 rings (SSSR count). The third kappa shape index (κ3) is 1.48. The molecule has 0 radical (unpaired) electrons. The highest BCUT2D eigenvalue weighted by molar-refractivity contribution is 5.41. The van der Waals surface area contributed by atoms with E-state index in [1.807, 2.05) is 13.8 Å². The Hall–Kier alpha value is -2.29. The van der Waals surface area contributed by atoms with Gasteiger partial charge in [0.25, 0.3) is 0 Å². The average Bonchev–Trinajstić information content (AvgIpc) is 2.77. The normalized spacial score (nSPS) is 24.5.